The molecule has 4 fully saturated rings. The van der Waals surface area contributed by atoms with Gasteiger partial charge in [0.2, 0.25) is 35.4 Å². The summed E-state index contributed by atoms with van der Waals surface area (Å²) in [5.74, 6) is 3.17. The van der Waals surface area contributed by atoms with Crippen LogP contribution in [-0.4, -0.2) is 158 Å². The van der Waals surface area contributed by atoms with Gasteiger partial charge in [0, 0.05) is 67.5 Å². The van der Waals surface area contributed by atoms with Crippen LogP contribution in [-0.2, 0) is 46.7 Å². The highest BCUT2D eigenvalue weighted by atomic mass is 16.6. The van der Waals surface area contributed by atoms with Crippen molar-refractivity contribution < 1.29 is 71.9 Å². The van der Waals surface area contributed by atoms with E-state index in [2.05, 4.69) is 38.4 Å². The van der Waals surface area contributed by atoms with E-state index in [0.717, 1.165) is 54.7 Å². The van der Waals surface area contributed by atoms with Gasteiger partial charge in [0.25, 0.3) is 11.8 Å². The lowest BCUT2D eigenvalue weighted by Crippen LogP contribution is -2.55. The normalized spacial score (nSPS) is 19.1. The van der Waals surface area contributed by atoms with Crippen LogP contribution in [0.5, 0.6) is 23.0 Å². The molecule has 0 radical (unpaired) electrons. The van der Waals surface area contributed by atoms with E-state index in [9.17, 15) is 48.3 Å². The molecule has 7 aliphatic rings. The van der Waals surface area contributed by atoms with Crippen LogP contribution >= 0.6 is 0 Å². The summed E-state index contributed by atoms with van der Waals surface area (Å²) in [6.45, 7) is 5.29. The number of aliphatic hydroxyl groups is 1. The maximum atomic E-state index is 14.5. The zero-order valence-electron chi connectivity index (χ0n) is 54.7. The van der Waals surface area contributed by atoms with Crippen LogP contribution in [0.25, 0.3) is 0 Å². The molecule has 12 rings (SSSR count). The molecule has 5 heterocycles. The van der Waals surface area contributed by atoms with Gasteiger partial charge in [-0.15, -0.1) is 0 Å². The molecule has 5 atom stereocenters. The number of anilines is 3. The zero-order chi connectivity index (χ0) is 68.3. The number of hydrogen-bond acceptors (Lipinski definition) is 16. The first-order chi connectivity index (χ1) is 46.7. The molecule has 25 nitrogen and oxygen atoms in total. The molecule has 0 aromatic heterocycles. The van der Waals surface area contributed by atoms with E-state index in [4.69, 9.17) is 28.7 Å². The molecule has 2 spiro atoms. The van der Waals surface area contributed by atoms with Gasteiger partial charge in [0.1, 0.15) is 18.7 Å². The number of rotatable bonds is 23. The van der Waals surface area contributed by atoms with E-state index in [-0.39, 0.29) is 96.6 Å². The molecule has 5 aliphatic heterocycles. The van der Waals surface area contributed by atoms with Crippen LogP contribution < -0.4 is 55.3 Å². The Balaban J connectivity index is 0.603. The van der Waals surface area contributed by atoms with Crippen LogP contribution in [0.1, 0.15) is 122 Å². The highest BCUT2D eigenvalue weighted by Crippen LogP contribution is 2.58. The topological polar surface area (TPSA) is 305 Å². The monoisotopic (exact) mass is 1320 g/mol. The third-order valence-corrected chi connectivity index (χ3v) is 19.0. The van der Waals surface area contributed by atoms with E-state index < -0.39 is 79.0 Å². The summed E-state index contributed by atoms with van der Waals surface area (Å²) in [5.41, 5.74) is 5.05. The van der Waals surface area contributed by atoms with Crippen molar-refractivity contribution in [3.63, 3.8) is 0 Å². The maximum absolute atomic E-state index is 14.5. The summed E-state index contributed by atoms with van der Waals surface area (Å²) in [4.78, 5) is 133. The Bertz CT molecular complexity index is 4060. The number of fused-ring (bicyclic) bond motifs is 6. The molecule has 5 aromatic rings. The van der Waals surface area contributed by atoms with Crippen molar-refractivity contribution in [1.82, 2.24) is 31.1 Å². The number of para-hydroxylation sites is 1. The molecular formula is C72H78N10O15. The number of nitrogens with zero attached hydrogens (tertiary/aromatic N) is 5. The van der Waals surface area contributed by atoms with Gasteiger partial charge >= 0.3 is 6.09 Å². The summed E-state index contributed by atoms with van der Waals surface area (Å²) in [5, 5.41) is 25.0. The summed E-state index contributed by atoms with van der Waals surface area (Å²) in [7, 11) is 2.95. The first-order valence-corrected chi connectivity index (χ1v) is 32.7. The second-order valence-electron chi connectivity index (χ2n) is 26.3. The molecule has 2 saturated heterocycles. The Kier molecular flexibility index (Phi) is 19.3. The predicted molar refractivity (Wildman–Crippen MR) is 355 cm³/mol. The largest absolute Gasteiger partial charge is 0.493 e. The second-order valence-corrected chi connectivity index (χ2v) is 26.3. The van der Waals surface area contributed by atoms with Crippen molar-refractivity contribution in [2.45, 2.75) is 122 Å². The van der Waals surface area contributed by atoms with Gasteiger partial charge in [-0.05, 0) is 116 Å². The van der Waals surface area contributed by atoms with Crippen LogP contribution in [0.15, 0.2) is 102 Å². The quantitative estimate of drug-likeness (QED) is 0.0310. The third-order valence-electron chi connectivity index (χ3n) is 19.0. The van der Waals surface area contributed by atoms with Gasteiger partial charge in [-0.2, -0.15) is 0 Å². The molecule has 2 aliphatic carbocycles. The average Bonchev–Trinajstić information content (AvgIpc) is 1.58. The molecule has 9 amide bonds. The molecule has 97 heavy (non-hydrogen) atoms. The molecular weight excluding hydrogens is 1240 g/mol. The van der Waals surface area contributed by atoms with Crippen molar-refractivity contribution in [2.75, 3.05) is 68.7 Å². The smallest absolute Gasteiger partial charge is 0.416 e. The SMILES string of the molecule is COc1cc2c(cc1OCCCOc1cc3c(cc1OC)C(=O)N1CC4(CC4)C[C@H]1C(O)N3C(=O)OCc1ccc(NC(=O)[C@H](C)NC(=O)[C@@H](NC(=O)CNC(=O)CNC(=O)CCC(=O)N3Cc4ccccc4C#Cc4ccccc43)C(C)C)cc1)N=C[C@@H]1CC3(CC3)CN1C2=O. The van der Waals surface area contributed by atoms with Gasteiger partial charge in [-0.25, -0.2) is 9.69 Å². The van der Waals surface area contributed by atoms with E-state index in [1.165, 1.54) is 33.3 Å². The summed E-state index contributed by atoms with van der Waals surface area (Å²) < 4.78 is 29.7. The number of carbonyl (C=O) groups is 9. The number of ether oxygens (including phenoxy) is 5. The van der Waals surface area contributed by atoms with Crippen molar-refractivity contribution >= 4 is 82.3 Å². The Morgan fingerprint density at radius 1 is 0.670 bits per heavy atom. The number of aliphatic hydroxyl groups excluding tert-OH is 1. The van der Waals surface area contributed by atoms with Crippen LogP contribution in [0.3, 0.4) is 0 Å². The maximum Gasteiger partial charge on any atom is 0.416 e. The number of hydrogen-bond donors (Lipinski definition) is 6. The highest BCUT2D eigenvalue weighted by Gasteiger charge is 2.58. The lowest BCUT2D eigenvalue weighted by molar-refractivity contribution is -0.132. The zero-order valence-corrected chi connectivity index (χ0v) is 54.7. The molecule has 2 saturated carbocycles. The fourth-order valence-corrected chi connectivity index (χ4v) is 13.2. The lowest BCUT2D eigenvalue weighted by Gasteiger charge is -2.31. The van der Waals surface area contributed by atoms with E-state index in [1.807, 2.05) is 53.6 Å². The number of methoxy groups -OCH3 is 2. The molecule has 506 valence electrons. The Hall–Kier alpha value is -10.5. The first-order valence-electron chi connectivity index (χ1n) is 32.7. The minimum atomic E-state index is -1.49. The summed E-state index contributed by atoms with van der Waals surface area (Å²) in [6, 6.07) is 24.6. The lowest BCUT2D eigenvalue weighted by atomic mass is 10.0. The van der Waals surface area contributed by atoms with Gasteiger partial charge in [-0.3, -0.25) is 43.3 Å². The highest BCUT2D eigenvalue weighted by molar-refractivity contribution is 6.07. The molecule has 1 unspecified atom stereocenters. The fraction of sp³-hybridized carbons (Fsp3) is 0.417. The minimum Gasteiger partial charge on any atom is -0.493 e. The van der Waals surface area contributed by atoms with Crippen molar-refractivity contribution in [3.05, 3.63) is 130 Å². The van der Waals surface area contributed by atoms with Gasteiger partial charge in [-0.1, -0.05) is 68.2 Å². The number of benzene rings is 5. The standard InChI is InChI=1S/C72H78N10O15/c1-42(2)64(78-62(85)37-75-61(84)36-74-60(83)21-22-63(86)79-38-47-13-7-6-11-45(47)17-18-46-12-8-9-14-53(46)79)66(88)76-43(3)65(87)77-48-19-15-44(16-20-48)39-97-70(92)82-54-32-59(57(94-5)30-51(54)68(90)81-41-72(25-26-72)34-55(81)69(82)91)96-28-10-27-95-58-31-52-50(29-56(58)93-4)67(89)80-40-71(23-24-71)33-49(80)35-73-52/h6-9,11-16,19-20,29-32,35,42-43,49,55,64,69,91H,10,21-28,33-34,36-41H2,1-5H3,(H,74,83)(H,75,84)(H,76,88)(H,77,87)(H,78,85)/t43-,49-,55-,64-,69?/m0/s1. The van der Waals surface area contributed by atoms with E-state index in [0.29, 0.717) is 64.6 Å². The summed E-state index contributed by atoms with van der Waals surface area (Å²) >= 11 is 0. The van der Waals surface area contributed by atoms with Gasteiger partial charge < -0.3 is 70.1 Å². The molecule has 0 bridgehead atoms. The van der Waals surface area contributed by atoms with E-state index in [1.54, 1.807) is 66.1 Å². The number of carbonyl (C=O) groups excluding carboxylic acids is 9. The Morgan fingerprint density at radius 3 is 2.01 bits per heavy atom. The average molecular weight is 1320 g/mol. The van der Waals surface area contributed by atoms with Gasteiger partial charge in [0.05, 0.1) is 87.3 Å². The van der Waals surface area contributed by atoms with Crippen LogP contribution in [0, 0.1) is 28.6 Å². The second kappa shape index (κ2) is 28.1. The fourth-order valence-electron chi connectivity index (χ4n) is 13.2. The first kappa shape index (κ1) is 66.5. The predicted octanol–water partition coefficient (Wildman–Crippen LogP) is 6.28. The minimum absolute atomic E-state index is 0.0472. The van der Waals surface area contributed by atoms with Crippen LogP contribution in [0.4, 0.5) is 27.5 Å². The third kappa shape index (κ3) is 14.7. The van der Waals surface area contributed by atoms with Crippen molar-refractivity contribution in [1.29, 1.82) is 0 Å². The molecule has 6 N–H and O–H groups in total. The van der Waals surface area contributed by atoms with E-state index >= 15 is 0 Å². The van der Waals surface area contributed by atoms with Crippen molar-refractivity contribution in [3.8, 4) is 34.8 Å². The molecule has 25 heteroatoms. The Labute approximate surface area is 560 Å². The number of nitrogens with one attached hydrogen (secondary N) is 5. The summed E-state index contributed by atoms with van der Waals surface area (Å²) in [6.07, 6.45) is 4.90. The van der Waals surface area contributed by atoms with Gasteiger partial charge in [0.15, 0.2) is 29.2 Å². The van der Waals surface area contributed by atoms with Crippen LogP contribution in [0.2, 0.25) is 0 Å². The number of amides is 9. The Morgan fingerprint density at radius 2 is 1.30 bits per heavy atom. The number of aliphatic imine (C=N–C) groups is 1. The molecule has 5 aromatic carbocycles. The van der Waals surface area contributed by atoms with Crippen molar-refractivity contribution in [2.24, 2.45) is 21.7 Å².